The number of hydrogen-bond donors (Lipinski definition) is 2. The molecule has 1 fully saturated rings. The molecule has 1 aliphatic heterocycles. The van der Waals surface area contributed by atoms with Crippen LogP contribution in [0.1, 0.15) is 24.8 Å². The van der Waals surface area contributed by atoms with Crippen LogP contribution in [0.3, 0.4) is 0 Å². The molecule has 0 atom stereocenters. The SMILES string of the molecule is COc1cc(N)ncc1CCC1CCNCC1. The molecule has 1 aromatic rings. The van der Waals surface area contributed by atoms with Gasteiger partial charge in [-0.2, -0.15) is 0 Å². The maximum Gasteiger partial charge on any atom is 0.127 e. The number of anilines is 1. The Hall–Kier alpha value is -1.29. The lowest BCUT2D eigenvalue weighted by atomic mass is 9.91. The van der Waals surface area contributed by atoms with E-state index in [1.807, 2.05) is 6.20 Å². The highest BCUT2D eigenvalue weighted by Crippen LogP contribution is 2.24. The zero-order chi connectivity index (χ0) is 12.1. The Bertz CT molecular complexity index is 362. The second-order valence-electron chi connectivity index (χ2n) is 4.65. The lowest BCUT2D eigenvalue weighted by Crippen LogP contribution is -2.27. The number of nitrogen functional groups attached to an aromatic ring is 1. The van der Waals surface area contributed by atoms with E-state index in [9.17, 15) is 0 Å². The van der Waals surface area contributed by atoms with Crippen LogP contribution >= 0.6 is 0 Å². The average molecular weight is 235 g/mol. The first kappa shape index (κ1) is 12.2. The van der Waals surface area contributed by atoms with E-state index in [4.69, 9.17) is 10.5 Å². The first-order valence-electron chi connectivity index (χ1n) is 6.28. The summed E-state index contributed by atoms with van der Waals surface area (Å²) in [5, 5.41) is 3.39. The number of aromatic nitrogens is 1. The molecule has 3 N–H and O–H groups in total. The molecule has 0 bridgehead atoms. The van der Waals surface area contributed by atoms with Crippen LogP contribution in [0, 0.1) is 5.92 Å². The van der Waals surface area contributed by atoms with Gasteiger partial charge in [0.2, 0.25) is 0 Å². The molecule has 17 heavy (non-hydrogen) atoms. The third-order valence-corrected chi connectivity index (χ3v) is 3.47. The molecule has 0 aromatic carbocycles. The number of methoxy groups -OCH3 is 1. The Morgan fingerprint density at radius 1 is 1.47 bits per heavy atom. The summed E-state index contributed by atoms with van der Waals surface area (Å²) in [5.41, 5.74) is 6.81. The van der Waals surface area contributed by atoms with Gasteiger partial charge < -0.3 is 15.8 Å². The molecular formula is C13H21N3O. The van der Waals surface area contributed by atoms with E-state index in [2.05, 4.69) is 10.3 Å². The van der Waals surface area contributed by atoms with Gasteiger partial charge in [0, 0.05) is 17.8 Å². The quantitative estimate of drug-likeness (QED) is 0.832. The van der Waals surface area contributed by atoms with Crippen LogP contribution in [-0.4, -0.2) is 25.2 Å². The Labute approximate surface area is 103 Å². The number of piperidine rings is 1. The number of nitrogens with two attached hydrogens (primary N) is 1. The molecule has 0 saturated carbocycles. The van der Waals surface area contributed by atoms with Gasteiger partial charge in [0.25, 0.3) is 0 Å². The van der Waals surface area contributed by atoms with Gasteiger partial charge in [0.1, 0.15) is 11.6 Å². The van der Waals surface area contributed by atoms with Crippen molar-refractivity contribution in [3.05, 3.63) is 17.8 Å². The van der Waals surface area contributed by atoms with Crippen molar-refractivity contribution in [2.45, 2.75) is 25.7 Å². The van der Waals surface area contributed by atoms with Crippen molar-refractivity contribution in [2.24, 2.45) is 5.92 Å². The van der Waals surface area contributed by atoms with Gasteiger partial charge in [-0.15, -0.1) is 0 Å². The summed E-state index contributed by atoms with van der Waals surface area (Å²) < 4.78 is 5.33. The Morgan fingerprint density at radius 2 is 2.24 bits per heavy atom. The second kappa shape index (κ2) is 5.87. The average Bonchev–Trinajstić information content (AvgIpc) is 2.38. The van der Waals surface area contributed by atoms with E-state index in [-0.39, 0.29) is 0 Å². The van der Waals surface area contributed by atoms with Crippen molar-refractivity contribution in [1.82, 2.24) is 10.3 Å². The molecular weight excluding hydrogens is 214 g/mol. The fourth-order valence-electron chi connectivity index (χ4n) is 2.39. The molecule has 0 amide bonds. The number of nitrogens with zero attached hydrogens (tertiary/aromatic N) is 1. The minimum absolute atomic E-state index is 0.521. The Balaban J connectivity index is 1.93. The van der Waals surface area contributed by atoms with Gasteiger partial charge in [-0.3, -0.25) is 0 Å². The van der Waals surface area contributed by atoms with E-state index in [0.29, 0.717) is 5.82 Å². The van der Waals surface area contributed by atoms with Gasteiger partial charge in [-0.05, 0) is 44.7 Å². The van der Waals surface area contributed by atoms with Gasteiger partial charge >= 0.3 is 0 Å². The first-order chi connectivity index (χ1) is 8.29. The molecule has 0 unspecified atom stereocenters. The Kier molecular flexibility index (Phi) is 4.20. The Morgan fingerprint density at radius 3 is 2.94 bits per heavy atom. The molecule has 94 valence electrons. The molecule has 1 aromatic heterocycles. The molecule has 1 aliphatic rings. The largest absolute Gasteiger partial charge is 0.496 e. The number of aryl methyl sites for hydroxylation is 1. The topological polar surface area (TPSA) is 60.2 Å². The van der Waals surface area contributed by atoms with Gasteiger partial charge in [0.15, 0.2) is 0 Å². The van der Waals surface area contributed by atoms with Crippen LogP contribution in [0.4, 0.5) is 5.82 Å². The lowest BCUT2D eigenvalue weighted by Gasteiger charge is -2.22. The van der Waals surface area contributed by atoms with Crippen molar-refractivity contribution in [1.29, 1.82) is 0 Å². The summed E-state index contributed by atoms with van der Waals surface area (Å²) in [5.74, 6) is 2.22. The normalized spacial score (nSPS) is 17.0. The minimum Gasteiger partial charge on any atom is -0.496 e. The number of nitrogens with one attached hydrogen (secondary N) is 1. The number of rotatable bonds is 4. The van der Waals surface area contributed by atoms with E-state index in [1.54, 1.807) is 13.2 Å². The zero-order valence-corrected chi connectivity index (χ0v) is 10.4. The van der Waals surface area contributed by atoms with Crippen LogP contribution in [0.25, 0.3) is 0 Å². The summed E-state index contributed by atoms with van der Waals surface area (Å²) >= 11 is 0. The third kappa shape index (κ3) is 3.33. The van der Waals surface area contributed by atoms with Crippen LogP contribution < -0.4 is 15.8 Å². The summed E-state index contributed by atoms with van der Waals surface area (Å²) in [7, 11) is 1.68. The van der Waals surface area contributed by atoms with Crippen molar-refractivity contribution >= 4 is 5.82 Å². The third-order valence-electron chi connectivity index (χ3n) is 3.47. The highest BCUT2D eigenvalue weighted by atomic mass is 16.5. The molecule has 4 heteroatoms. The monoisotopic (exact) mass is 235 g/mol. The number of ether oxygens (including phenoxy) is 1. The smallest absolute Gasteiger partial charge is 0.127 e. The van der Waals surface area contributed by atoms with E-state index < -0.39 is 0 Å². The summed E-state index contributed by atoms with van der Waals surface area (Å²) in [6.45, 7) is 2.31. The fraction of sp³-hybridized carbons (Fsp3) is 0.615. The molecule has 0 aliphatic carbocycles. The van der Waals surface area contributed by atoms with Crippen molar-refractivity contribution in [3.63, 3.8) is 0 Å². The second-order valence-corrected chi connectivity index (χ2v) is 4.65. The van der Waals surface area contributed by atoms with Crippen LogP contribution in [0.5, 0.6) is 5.75 Å². The summed E-state index contributed by atoms with van der Waals surface area (Å²) in [6, 6.07) is 1.80. The van der Waals surface area contributed by atoms with Crippen molar-refractivity contribution < 1.29 is 4.74 Å². The maximum absolute atomic E-state index is 5.64. The number of pyridine rings is 1. The van der Waals surface area contributed by atoms with Crippen LogP contribution in [-0.2, 0) is 6.42 Å². The predicted octanol–water partition coefficient (Wildman–Crippen LogP) is 1.60. The standard InChI is InChI=1S/C13H21N3O/c1-17-12-8-13(14)16-9-11(12)3-2-10-4-6-15-7-5-10/h8-10,15H,2-7H2,1H3,(H2,14,16). The predicted molar refractivity (Wildman–Crippen MR) is 69.1 cm³/mol. The van der Waals surface area contributed by atoms with Crippen LogP contribution in [0.15, 0.2) is 12.3 Å². The number of hydrogen-bond acceptors (Lipinski definition) is 4. The van der Waals surface area contributed by atoms with Gasteiger partial charge in [-0.25, -0.2) is 4.98 Å². The maximum atomic E-state index is 5.64. The van der Waals surface area contributed by atoms with Crippen LogP contribution in [0.2, 0.25) is 0 Å². The molecule has 4 nitrogen and oxygen atoms in total. The lowest BCUT2D eigenvalue weighted by molar-refractivity contribution is 0.350. The van der Waals surface area contributed by atoms with E-state index >= 15 is 0 Å². The minimum atomic E-state index is 0.521. The molecule has 1 saturated heterocycles. The fourth-order valence-corrected chi connectivity index (χ4v) is 2.39. The zero-order valence-electron chi connectivity index (χ0n) is 10.4. The van der Waals surface area contributed by atoms with Crippen molar-refractivity contribution in [3.8, 4) is 5.75 Å². The van der Waals surface area contributed by atoms with Gasteiger partial charge in [-0.1, -0.05) is 0 Å². The highest BCUT2D eigenvalue weighted by molar-refractivity contribution is 5.41. The molecule has 0 radical (unpaired) electrons. The molecule has 0 spiro atoms. The van der Waals surface area contributed by atoms with Crippen molar-refractivity contribution in [2.75, 3.05) is 25.9 Å². The van der Waals surface area contributed by atoms with E-state index in [0.717, 1.165) is 31.2 Å². The van der Waals surface area contributed by atoms with Gasteiger partial charge in [0.05, 0.1) is 7.11 Å². The molecule has 2 heterocycles. The first-order valence-corrected chi connectivity index (χ1v) is 6.28. The van der Waals surface area contributed by atoms with E-state index in [1.165, 1.54) is 24.8 Å². The summed E-state index contributed by atoms with van der Waals surface area (Å²) in [4.78, 5) is 4.14. The molecule has 2 rings (SSSR count). The highest BCUT2D eigenvalue weighted by Gasteiger charge is 2.14. The summed E-state index contributed by atoms with van der Waals surface area (Å²) in [6.07, 6.45) is 6.65.